The van der Waals surface area contributed by atoms with Crippen LogP contribution in [0.2, 0.25) is 0 Å². The molecule has 1 atom stereocenters. The highest BCUT2D eigenvalue weighted by molar-refractivity contribution is 9.10. The summed E-state index contributed by atoms with van der Waals surface area (Å²) in [5.74, 6) is 0. The quantitative estimate of drug-likeness (QED) is 0.709. The maximum Gasteiger partial charge on any atom is 0.0718 e. The van der Waals surface area contributed by atoms with Crippen LogP contribution in [0.5, 0.6) is 0 Å². The lowest BCUT2D eigenvalue weighted by Gasteiger charge is -2.29. The van der Waals surface area contributed by atoms with Gasteiger partial charge in [0.15, 0.2) is 0 Å². The Morgan fingerprint density at radius 1 is 1.33 bits per heavy atom. The van der Waals surface area contributed by atoms with Gasteiger partial charge < -0.3 is 15.3 Å². The topological polar surface area (TPSA) is 35.5 Å². The lowest BCUT2D eigenvalue weighted by Crippen LogP contribution is -2.40. The predicted octanol–water partition coefficient (Wildman–Crippen LogP) is 3.58. The number of nitrogens with one attached hydrogen (secondary N) is 1. The van der Waals surface area contributed by atoms with E-state index in [4.69, 9.17) is 0 Å². The van der Waals surface area contributed by atoms with Gasteiger partial charge in [-0.05, 0) is 51.1 Å². The number of hydrogen-bond donors (Lipinski definition) is 2. The third-order valence-electron chi connectivity index (χ3n) is 3.49. The molecule has 0 aliphatic heterocycles. The summed E-state index contributed by atoms with van der Waals surface area (Å²) in [7, 11) is 0. The van der Waals surface area contributed by atoms with Crippen molar-refractivity contribution in [2.75, 3.05) is 26.2 Å². The maximum atomic E-state index is 9.98. The second-order valence-electron chi connectivity index (χ2n) is 6.14. The molecular formula is C17H29BrN2O. The Morgan fingerprint density at radius 3 is 2.57 bits per heavy atom. The highest BCUT2D eigenvalue weighted by Crippen LogP contribution is 2.21. The van der Waals surface area contributed by atoms with Crippen molar-refractivity contribution < 1.29 is 5.11 Å². The molecule has 0 heterocycles. The molecule has 0 fully saturated rings. The van der Waals surface area contributed by atoms with E-state index >= 15 is 0 Å². The second kappa shape index (κ2) is 8.89. The van der Waals surface area contributed by atoms with E-state index in [1.807, 2.05) is 13.8 Å². The minimum Gasteiger partial charge on any atom is -0.389 e. The molecular weight excluding hydrogens is 328 g/mol. The van der Waals surface area contributed by atoms with Crippen LogP contribution in [0.15, 0.2) is 28.7 Å². The molecule has 0 saturated carbocycles. The fraction of sp³-hybridized carbons (Fsp3) is 0.647. The van der Waals surface area contributed by atoms with Gasteiger partial charge in [0.25, 0.3) is 0 Å². The smallest absolute Gasteiger partial charge is 0.0718 e. The molecule has 1 aromatic carbocycles. The Balaban J connectivity index is 2.66. The number of rotatable bonds is 9. The van der Waals surface area contributed by atoms with Crippen LogP contribution in [-0.4, -0.2) is 41.8 Å². The van der Waals surface area contributed by atoms with E-state index in [0.717, 1.165) is 30.5 Å². The van der Waals surface area contributed by atoms with Crippen LogP contribution in [0.3, 0.4) is 0 Å². The van der Waals surface area contributed by atoms with Crippen molar-refractivity contribution in [1.82, 2.24) is 10.2 Å². The van der Waals surface area contributed by atoms with Gasteiger partial charge in [-0.15, -0.1) is 0 Å². The van der Waals surface area contributed by atoms with E-state index < -0.39 is 5.60 Å². The Bertz CT molecular complexity index is 417. The second-order valence-corrected chi connectivity index (χ2v) is 7.05. The molecule has 0 spiro atoms. The SMILES string of the molecule is CCNC(CCN(CC)CC(C)(C)O)c1cccc(Br)c1. The number of hydrogen-bond acceptors (Lipinski definition) is 3. The largest absolute Gasteiger partial charge is 0.389 e. The summed E-state index contributed by atoms with van der Waals surface area (Å²) < 4.78 is 1.12. The van der Waals surface area contributed by atoms with Gasteiger partial charge in [0.1, 0.15) is 0 Å². The van der Waals surface area contributed by atoms with Gasteiger partial charge in [0.05, 0.1) is 5.60 Å². The number of aliphatic hydroxyl groups is 1. The molecule has 0 aliphatic rings. The lowest BCUT2D eigenvalue weighted by atomic mass is 10.0. The van der Waals surface area contributed by atoms with Gasteiger partial charge in [-0.1, -0.05) is 41.9 Å². The van der Waals surface area contributed by atoms with Crippen molar-refractivity contribution in [3.63, 3.8) is 0 Å². The molecule has 2 N–H and O–H groups in total. The zero-order valence-electron chi connectivity index (χ0n) is 13.7. The predicted molar refractivity (Wildman–Crippen MR) is 93.6 cm³/mol. The van der Waals surface area contributed by atoms with Crippen LogP contribution in [0.1, 0.15) is 45.7 Å². The van der Waals surface area contributed by atoms with E-state index in [0.29, 0.717) is 12.6 Å². The van der Waals surface area contributed by atoms with Crippen LogP contribution in [0.4, 0.5) is 0 Å². The van der Waals surface area contributed by atoms with Crippen LogP contribution in [0.25, 0.3) is 0 Å². The first-order valence-corrected chi connectivity index (χ1v) is 8.58. The van der Waals surface area contributed by atoms with Crippen molar-refractivity contribution in [3.8, 4) is 0 Å². The van der Waals surface area contributed by atoms with Gasteiger partial charge >= 0.3 is 0 Å². The molecule has 21 heavy (non-hydrogen) atoms. The number of benzene rings is 1. The van der Waals surface area contributed by atoms with E-state index in [2.05, 4.69) is 64.3 Å². The van der Waals surface area contributed by atoms with E-state index in [9.17, 15) is 5.11 Å². The molecule has 0 saturated heterocycles. The minimum atomic E-state index is -0.639. The summed E-state index contributed by atoms with van der Waals surface area (Å²) in [6, 6.07) is 8.84. The molecule has 0 aliphatic carbocycles. The van der Waals surface area contributed by atoms with Crippen LogP contribution in [-0.2, 0) is 0 Å². The average Bonchev–Trinajstić information content (AvgIpc) is 2.40. The average molecular weight is 357 g/mol. The third kappa shape index (κ3) is 7.41. The van der Waals surface area contributed by atoms with Crippen molar-refractivity contribution >= 4 is 15.9 Å². The van der Waals surface area contributed by atoms with E-state index in [1.165, 1.54) is 5.56 Å². The van der Waals surface area contributed by atoms with Crippen LogP contribution in [0, 0.1) is 0 Å². The molecule has 0 aromatic heterocycles. The van der Waals surface area contributed by atoms with E-state index in [-0.39, 0.29) is 0 Å². The summed E-state index contributed by atoms with van der Waals surface area (Å²) in [4.78, 5) is 2.31. The standard InChI is InChI=1S/C17H29BrN2O/c1-5-19-16(14-8-7-9-15(18)12-14)10-11-20(6-2)13-17(3,4)21/h7-9,12,16,19,21H,5-6,10-11,13H2,1-4H3. The first kappa shape index (κ1) is 18.6. The Morgan fingerprint density at radius 2 is 2.05 bits per heavy atom. The van der Waals surface area contributed by atoms with Crippen LogP contribution >= 0.6 is 15.9 Å². The highest BCUT2D eigenvalue weighted by atomic mass is 79.9. The number of nitrogens with zero attached hydrogens (tertiary/aromatic N) is 1. The summed E-state index contributed by atoms with van der Waals surface area (Å²) in [5, 5.41) is 13.5. The Hall–Kier alpha value is -0.420. The van der Waals surface area contributed by atoms with Gasteiger partial charge in [-0.25, -0.2) is 0 Å². The molecule has 0 bridgehead atoms. The lowest BCUT2D eigenvalue weighted by molar-refractivity contribution is 0.0366. The van der Waals surface area contributed by atoms with Crippen LogP contribution < -0.4 is 5.32 Å². The summed E-state index contributed by atoms with van der Waals surface area (Å²) in [6.07, 6.45) is 1.04. The van der Waals surface area contributed by atoms with Gasteiger partial charge in [-0.2, -0.15) is 0 Å². The van der Waals surface area contributed by atoms with Crippen molar-refractivity contribution in [3.05, 3.63) is 34.3 Å². The third-order valence-corrected chi connectivity index (χ3v) is 3.99. The molecule has 1 rings (SSSR count). The molecule has 3 nitrogen and oxygen atoms in total. The molecule has 0 radical (unpaired) electrons. The Kier molecular flexibility index (Phi) is 7.88. The highest BCUT2D eigenvalue weighted by Gasteiger charge is 2.18. The summed E-state index contributed by atoms with van der Waals surface area (Å²) in [6.45, 7) is 11.6. The van der Waals surface area contributed by atoms with Crippen molar-refractivity contribution in [2.45, 2.75) is 45.8 Å². The summed E-state index contributed by atoms with van der Waals surface area (Å²) >= 11 is 3.54. The zero-order valence-corrected chi connectivity index (χ0v) is 15.3. The molecule has 120 valence electrons. The zero-order chi connectivity index (χ0) is 15.9. The van der Waals surface area contributed by atoms with Gasteiger partial charge in [-0.3, -0.25) is 0 Å². The van der Waals surface area contributed by atoms with Crippen molar-refractivity contribution in [2.24, 2.45) is 0 Å². The summed E-state index contributed by atoms with van der Waals surface area (Å²) in [5.41, 5.74) is 0.671. The first-order valence-electron chi connectivity index (χ1n) is 7.79. The molecule has 1 unspecified atom stereocenters. The molecule has 4 heteroatoms. The van der Waals surface area contributed by atoms with Gasteiger partial charge in [0.2, 0.25) is 0 Å². The molecule has 0 amide bonds. The molecule has 1 aromatic rings. The fourth-order valence-electron chi connectivity index (χ4n) is 2.56. The minimum absolute atomic E-state index is 0.350. The Labute approximate surface area is 137 Å². The monoisotopic (exact) mass is 356 g/mol. The van der Waals surface area contributed by atoms with Gasteiger partial charge in [0, 0.05) is 23.6 Å². The maximum absolute atomic E-state index is 9.98. The fourth-order valence-corrected chi connectivity index (χ4v) is 2.98. The number of halogens is 1. The normalized spacial score (nSPS) is 13.7. The van der Waals surface area contributed by atoms with Crippen molar-refractivity contribution in [1.29, 1.82) is 0 Å². The number of likely N-dealkylation sites (N-methyl/N-ethyl adjacent to an activating group) is 1. The van der Waals surface area contributed by atoms with E-state index in [1.54, 1.807) is 0 Å². The first-order chi connectivity index (χ1) is 9.85.